The fourth-order valence-electron chi connectivity index (χ4n) is 2.84. The summed E-state index contributed by atoms with van der Waals surface area (Å²) >= 11 is 0. The lowest BCUT2D eigenvalue weighted by molar-refractivity contribution is -0.129. The standard InChI is InChI=1S/C14H21N5O/c1-12(20)17-8-10-18(11-9-17)13-4-5-15-14(16-13)19-6-2-3-7-19/h4-5H,2-3,6-11H2,1H3. The van der Waals surface area contributed by atoms with Crippen LogP contribution < -0.4 is 9.80 Å². The fourth-order valence-corrected chi connectivity index (χ4v) is 2.84. The highest BCUT2D eigenvalue weighted by Gasteiger charge is 2.21. The van der Waals surface area contributed by atoms with Crippen LogP contribution in [0, 0.1) is 0 Å². The van der Waals surface area contributed by atoms with Gasteiger partial charge in [0.15, 0.2) is 0 Å². The smallest absolute Gasteiger partial charge is 0.227 e. The highest BCUT2D eigenvalue weighted by Crippen LogP contribution is 2.19. The first-order valence-electron chi connectivity index (χ1n) is 7.32. The predicted molar refractivity (Wildman–Crippen MR) is 77.9 cm³/mol. The lowest BCUT2D eigenvalue weighted by Gasteiger charge is -2.35. The molecule has 2 aliphatic rings. The quantitative estimate of drug-likeness (QED) is 0.797. The SMILES string of the molecule is CC(=O)N1CCN(c2ccnc(N3CCCC3)n2)CC1. The highest BCUT2D eigenvalue weighted by atomic mass is 16.2. The summed E-state index contributed by atoms with van der Waals surface area (Å²) in [5.41, 5.74) is 0. The van der Waals surface area contributed by atoms with Crippen LogP contribution in [-0.2, 0) is 4.79 Å². The van der Waals surface area contributed by atoms with E-state index in [-0.39, 0.29) is 5.91 Å². The Labute approximate surface area is 119 Å². The molecule has 2 aliphatic heterocycles. The van der Waals surface area contributed by atoms with Crippen molar-refractivity contribution in [2.24, 2.45) is 0 Å². The minimum absolute atomic E-state index is 0.157. The Morgan fingerprint density at radius 3 is 2.40 bits per heavy atom. The maximum atomic E-state index is 11.3. The van der Waals surface area contributed by atoms with Gasteiger partial charge in [-0.15, -0.1) is 0 Å². The van der Waals surface area contributed by atoms with E-state index in [1.165, 1.54) is 12.8 Å². The van der Waals surface area contributed by atoms with Crippen LogP contribution in [0.5, 0.6) is 0 Å². The van der Waals surface area contributed by atoms with Crippen LogP contribution in [-0.4, -0.2) is 60.0 Å². The fraction of sp³-hybridized carbons (Fsp3) is 0.643. The van der Waals surface area contributed by atoms with E-state index < -0.39 is 0 Å². The van der Waals surface area contributed by atoms with Crippen LogP contribution >= 0.6 is 0 Å². The molecule has 1 aromatic heterocycles. The van der Waals surface area contributed by atoms with E-state index in [9.17, 15) is 4.79 Å². The summed E-state index contributed by atoms with van der Waals surface area (Å²) in [7, 11) is 0. The molecule has 0 aromatic carbocycles. The summed E-state index contributed by atoms with van der Waals surface area (Å²) in [5.74, 6) is 1.98. The second kappa shape index (κ2) is 5.64. The molecule has 3 heterocycles. The van der Waals surface area contributed by atoms with Crippen molar-refractivity contribution >= 4 is 17.7 Å². The lowest BCUT2D eigenvalue weighted by Crippen LogP contribution is -2.48. The van der Waals surface area contributed by atoms with Crippen LogP contribution in [0.15, 0.2) is 12.3 Å². The van der Waals surface area contributed by atoms with Crippen molar-refractivity contribution in [2.45, 2.75) is 19.8 Å². The van der Waals surface area contributed by atoms with Crippen molar-refractivity contribution in [2.75, 3.05) is 49.1 Å². The molecule has 0 spiro atoms. The van der Waals surface area contributed by atoms with Crippen LogP contribution in [0.25, 0.3) is 0 Å². The maximum Gasteiger partial charge on any atom is 0.227 e. The minimum Gasteiger partial charge on any atom is -0.353 e. The third-order valence-corrected chi connectivity index (χ3v) is 4.07. The molecule has 0 N–H and O–H groups in total. The van der Waals surface area contributed by atoms with Gasteiger partial charge in [-0.3, -0.25) is 4.79 Å². The summed E-state index contributed by atoms with van der Waals surface area (Å²) in [4.78, 5) is 26.8. The van der Waals surface area contributed by atoms with Gasteiger partial charge in [0.05, 0.1) is 0 Å². The van der Waals surface area contributed by atoms with Gasteiger partial charge in [-0.2, -0.15) is 4.98 Å². The number of aromatic nitrogens is 2. The van der Waals surface area contributed by atoms with Gasteiger partial charge in [0.1, 0.15) is 5.82 Å². The zero-order valence-corrected chi connectivity index (χ0v) is 12.0. The van der Waals surface area contributed by atoms with E-state index in [0.29, 0.717) is 0 Å². The first-order valence-corrected chi connectivity index (χ1v) is 7.32. The first kappa shape index (κ1) is 13.1. The number of hydrogen-bond acceptors (Lipinski definition) is 5. The van der Waals surface area contributed by atoms with E-state index in [1.807, 2.05) is 17.2 Å². The average molecular weight is 275 g/mol. The topological polar surface area (TPSA) is 52.6 Å². The van der Waals surface area contributed by atoms with Gasteiger partial charge in [0.2, 0.25) is 11.9 Å². The number of rotatable bonds is 2. The minimum atomic E-state index is 0.157. The molecule has 0 atom stereocenters. The molecule has 2 fully saturated rings. The molecule has 0 saturated carbocycles. The second-order valence-corrected chi connectivity index (χ2v) is 5.40. The Balaban J connectivity index is 1.68. The van der Waals surface area contributed by atoms with E-state index in [2.05, 4.69) is 19.8 Å². The molecule has 0 bridgehead atoms. The van der Waals surface area contributed by atoms with E-state index in [1.54, 1.807) is 6.92 Å². The lowest BCUT2D eigenvalue weighted by atomic mass is 10.3. The van der Waals surface area contributed by atoms with Crippen molar-refractivity contribution in [3.8, 4) is 0 Å². The Bertz CT molecular complexity index is 478. The maximum absolute atomic E-state index is 11.3. The Morgan fingerprint density at radius 2 is 1.75 bits per heavy atom. The van der Waals surface area contributed by atoms with Crippen LogP contribution in [0.4, 0.5) is 11.8 Å². The van der Waals surface area contributed by atoms with Crippen molar-refractivity contribution < 1.29 is 4.79 Å². The van der Waals surface area contributed by atoms with E-state index in [4.69, 9.17) is 0 Å². The van der Waals surface area contributed by atoms with Crippen molar-refractivity contribution in [1.29, 1.82) is 0 Å². The van der Waals surface area contributed by atoms with Crippen LogP contribution in [0.1, 0.15) is 19.8 Å². The monoisotopic (exact) mass is 275 g/mol. The number of hydrogen-bond donors (Lipinski definition) is 0. The largest absolute Gasteiger partial charge is 0.353 e. The van der Waals surface area contributed by atoms with Gasteiger partial charge in [-0.05, 0) is 18.9 Å². The summed E-state index contributed by atoms with van der Waals surface area (Å²) in [6, 6.07) is 1.96. The first-order chi connectivity index (χ1) is 9.74. The van der Waals surface area contributed by atoms with Gasteiger partial charge >= 0.3 is 0 Å². The zero-order chi connectivity index (χ0) is 13.9. The molecule has 6 nitrogen and oxygen atoms in total. The van der Waals surface area contributed by atoms with Crippen LogP contribution in [0.2, 0.25) is 0 Å². The molecule has 6 heteroatoms. The average Bonchev–Trinajstić information content (AvgIpc) is 3.02. The molecule has 3 rings (SSSR count). The zero-order valence-electron chi connectivity index (χ0n) is 12.0. The Kier molecular flexibility index (Phi) is 3.71. The predicted octanol–water partition coefficient (Wildman–Crippen LogP) is 0.745. The van der Waals surface area contributed by atoms with E-state index >= 15 is 0 Å². The summed E-state index contributed by atoms with van der Waals surface area (Å²) in [5, 5.41) is 0. The molecular weight excluding hydrogens is 254 g/mol. The van der Waals surface area contributed by atoms with Crippen molar-refractivity contribution in [3.63, 3.8) is 0 Å². The molecule has 20 heavy (non-hydrogen) atoms. The van der Waals surface area contributed by atoms with E-state index in [0.717, 1.165) is 51.0 Å². The summed E-state index contributed by atoms with van der Waals surface area (Å²) < 4.78 is 0. The third-order valence-electron chi connectivity index (χ3n) is 4.07. The van der Waals surface area contributed by atoms with Gasteiger partial charge in [-0.1, -0.05) is 0 Å². The number of nitrogens with zero attached hydrogens (tertiary/aromatic N) is 5. The highest BCUT2D eigenvalue weighted by molar-refractivity contribution is 5.73. The molecule has 0 radical (unpaired) electrons. The van der Waals surface area contributed by atoms with Crippen molar-refractivity contribution in [3.05, 3.63) is 12.3 Å². The normalized spacial score (nSPS) is 19.6. The van der Waals surface area contributed by atoms with Gasteiger partial charge in [-0.25, -0.2) is 4.98 Å². The number of piperazine rings is 1. The number of carbonyl (C=O) groups excluding carboxylic acids is 1. The molecule has 0 unspecified atom stereocenters. The number of amides is 1. The molecule has 108 valence electrons. The summed E-state index contributed by atoms with van der Waals surface area (Å²) in [6.45, 7) is 6.98. The van der Waals surface area contributed by atoms with Gasteiger partial charge in [0, 0.05) is 52.4 Å². The number of anilines is 2. The van der Waals surface area contributed by atoms with Gasteiger partial charge in [0.25, 0.3) is 0 Å². The number of carbonyl (C=O) groups is 1. The van der Waals surface area contributed by atoms with Gasteiger partial charge < -0.3 is 14.7 Å². The van der Waals surface area contributed by atoms with Crippen LogP contribution in [0.3, 0.4) is 0 Å². The Morgan fingerprint density at radius 1 is 1.05 bits per heavy atom. The molecule has 1 aromatic rings. The molecule has 2 saturated heterocycles. The van der Waals surface area contributed by atoms with Crippen molar-refractivity contribution in [1.82, 2.24) is 14.9 Å². The third kappa shape index (κ3) is 2.69. The Hall–Kier alpha value is -1.85. The second-order valence-electron chi connectivity index (χ2n) is 5.40. The molecule has 1 amide bonds. The molecular formula is C14H21N5O. The summed E-state index contributed by atoms with van der Waals surface area (Å²) in [6.07, 6.45) is 4.29. The molecule has 0 aliphatic carbocycles.